The summed E-state index contributed by atoms with van der Waals surface area (Å²) in [5.41, 5.74) is 1.53. The van der Waals surface area contributed by atoms with Crippen LogP contribution >= 0.6 is 0 Å². The number of hydrogen-bond donors (Lipinski definition) is 1. The number of benzene rings is 2. The summed E-state index contributed by atoms with van der Waals surface area (Å²) < 4.78 is 39.4. The molecule has 0 radical (unpaired) electrons. The van der Waals surface area contributed by atoms with Crippen molar-refractivity contribution >= 4 is 11.6 Å². The van der Waals surface area contributed by atoms with E-state index in [2.05, 4.69) is 5.32 Å². The van der Waals surface area contributed by atoms with Crippen LogP contribution in [0.25, 0.3) is 0 Å². The van der Waals surface area contributed by atoms with E-state index in [0.717, 1.165) is 17.7 Å². The smallest absolute Gasteiger partial charge is 0.256 e. The summed E-state index contributed by atoms with van der Waals surface area (Å²) in [7, 11) is 0. The van der Waals surface area contributed by atoms with Crippen molar-refractivity contribution in [1.82, 2.24) is 0 Å². The quantitative estimate of drug-likeness (QED) is 0.828. The lowest BCUT2D eigenvalue weighted by Gasteiger charge is -2.10. The highest BCUT2D eigenvalue weighted by molar-refractivity contribution is 6.05. The molecule has 0 saturated heterocycles. The van der Waals surface area contributed by atoms with Crippen LogP contribution in [0, 0.1) is 31.3 Å². The molecule has 0 atom stereocenters. The Hall–Kier alpha value is -2.30. The summed E-state index contributed by atoms with van der Waals surface area (Å²) in [6, 6.07) is 6.98. The van der Waals surface area contributed by atoms with Crippen LogP contribution in [0.4, 0.5) is 18.9 Å². The number of carbonyl (C=O) groups excluding carboxylic acids is 1. The third kappa shape index (κ3) is 2.66. The average molecular weight is 279 g/mol. The largest absolute Gasteiger partial charge is 0.319 e. The monoisotopic (exact) mass is 279 g/mol. The van der Waals surface area contributed by atoms with Crippen molar-refractivity contribution in [2.45, 2.75) is 13.8 Å². The summed E-state index contributed by atoms with van der Waals surface area (Å²) in [4.78, 5) is 12.0. The highest BCUT2D eigenvalue weighted by atomic mass is 19.2. The number of anilines is 1. The molecule has 0 fully saturated rings. The Bertz CT molecular complexity index is 683. The molecule has 104 valence electrons. The molecule has 0 saturated carbocycles. The van der Waals surface area contributed by atoms with Crippen molar-refractivity contribution in [2.24, 2.45) is 0 Å². The first kappa shape index (κ1) is 14.1. The van der Waals surface area contributed by atoms with Gasteiger partial charge in [0.2, 0.25) is 0 Å². The van der Waals surface area contributed by atoms with Gasteiger partial charge in [0.15, 0.2) is 17.5 Å². The van der Waals surface area contributed by atoms with Crippen LogP contribution in [-0.2, 0) is 0 Å². The Labute approximate surface area is 114 Å². The topological polar surface area (TPSA) is 29.1 Å². The Kier molecular flexibility index (Phi) is 3.79. The summed E-state index contributed by atoms with van der Waals surface area (Å²) in [6.07, 6.45) is 0. The van der Waals surface area contributed by atoms with E-state index in [1.54, 1.807) is 19.1 Å². The molecule has 0 unspecified atom stereocenters. The zero-order valence-corrected chi connectivity index (χ0v) is 10.9. The maximum absolute atomic E-state index is 13.5. The Morgan fingerprint density at radius 2 is 1.70 bits per heavy atom. The van der Waals surface area contributed by atoms with Crippen LogP contribution < -0.4 is 5.32 Å². The van der Waals surface area contributed by atoms with Crippen LogP contribution in [0.3, 0.4) is 0 Å². The number of carbonyl (C=O) groups is 1. The van der Waals surface area contributed by atoms with Gasteiger partial charge in [-0.15, -0.1) is 0 Å². The molecular formula is C15H12F3NO. The van der Waals surface area contributed by atoms with E-state index in [0.29, 0.717) is 11.1 Å². The van der Waals surface area contributed by atoms with E-state index in [1.807, 2.05) is 13.0 Å². The molecule has 2 nitrogen and oxygen atoms in total. The average Bonchev–Trinajstić information content (AvgIpc) is 2.42. The van der Waals surface area contributed by atoms with Crippen LogP contribution in [0.2, 0.25) is 0 Å². The molecule has 0 heterocycles. The van der Waals surface area contributed by atoms with Crippen molar-refractivity contribution in [3.8, 4) is 0 Å². The number of nitrogens with one attached hydrogen (secondary N) is 1. The lowest BCUT2D eigenvalue weighted by molar-refractivity contribution is 0.102. The minimum atomic E-state index is -1.61. The highest BCUT2D eigenvalue weighted by Gasteiger charge is 2.16. The molecule has 20 heavy (non-hydrogen) atoms. The molecule has 0 aliphatic heterocycles. The lowest BCUT2D eigenvalue weighted by atomic mass is 10.0. The van der Waals surface area contributed by atoms with Gasteiger partial charge in [-0.3, -0.25) is 4.79 Å². The molecule has 2 aromatic carbocycles. The number of rotatable bonds is 2. The van der Waals surface area contributed by atoms with E-state index in [9.17, 15) is 18.0 Å². The fourth-order valence-electron chi connectivity index (χ4n) is 1.79. The van der Waals surface area contributed by atoms with E-state index < -0.39 is 29.0 Å². The van der Waals surface area contributed by atoms with Crippen LogP contribution in [0.5, 0.6) is 0 Å². The Morgan fingerprint density at radius 1 is 1.00 bits per heavy atom. The van der Waals surface area contributed by atoms with Gasteiger partial charge >= 0.3 is 0 Å². The highest BCUT2D eigenvalue weighted by Crippen LogP contribution is 2.21. The second-order valence-electron chi connectivity index (χ2n) is 4.50. The van der Waals surface area contributed by atoms with Crippen LogP contribution in [0.15, 0.2) is 30.3 Å². The molecule has 0 bridgehead atoms. The number of halogens is 3. The molecule has 1 N–H and O–H groups in total. The molecule has 0 spiro atoms. The first-order valence-corrected chi connectivity index (χ1v) is 5.92. The normalized spacial score (nSPS) is 10.4. The van der Waals surface area contributed by atoms with E-state index in [4.69, 9.17) is 0 Å². The van der Waals surface area contributed by atoms with Gasteiger partial charge in [0.1, 0.15) is 0 Å². The Balaban J connectivity index is 2.33. The fraction of sp³-hybridized carbons (Fsp3) is 0.133. The summed E-state index contributed by atoms with van der Waals surface area (Å²) >= 11 is 0. The lowest BCUT2D eigenvalue weighted by Crippen LogP contribution is -2.15. The van der Waals surface area contributed by atoms with Gasteiger partial charge in [0.05, 0.1) is 5.69 Å². The zero-order chi connectivity index (χ0) is 14.9. The number of hydrogen-bond acceptors (Lipinski definition) is 1. The third-order valence-corrected chi connectivity index (χ3v) is 2.92. The van der Waals surface area contributed by atoms with Crippen LogP contribution in [0.1, 0.15) is 21.5 Å². The standard InChI is InChI=1S/C15H12F3NO/c1-8-3-4-9(2)10(7-8)15(20)19-12-6-5-11(16)13(17)14(12)18/h3-7H,1-2H3,(H,19,20). The molecule has 1 amide bonds. The predicted molar refractivity (Wildman–Crippen MR) is 70.2 cm³/mol. The SMILES string of the molecule is Cc1ccc(C)c(C(=O)Nc2ccc(F)c(F)c2F)c1. The van der Waals surface area contributed by atoms with Gasteiger partial charge < -0.3 is 5.32 Å². The molecule has 5 heteroatoms. The first-order chi connectivity index (χ1) is 9.40. The van der Waals surface area contributed by atoms with Crippen LogP contribution in [-0.4, -0.2) is 5.91 Å². The summed E-state index contributed by atoms with van der Waals surface area (Å²) in [5.74, 6) is -4.89. The van der Waals surface area contributed by atoms with Gasteiger partial charge in [0, 0.05) is 5.56 Å². The maximum Gasteiger partial charge on any atom is 0.256 e. The van der Waals surface area contributed by atoms with Crippen molar-refractivity contribution in [1.29, 1.82) is 0 Å². The van der Waals surface area contributed by atoms with Crippen molar-refractivity contribution < 1.29 is 18.0 Å². The van der Waals surface area contributed by atoms with Gasteiger partial charge in [-0.2, -0.15) is 0 Å². The summed E-state index contributed by atoms with van der Waals surface area (Å²) in [5, 5.41) is 2.24. The molecule has 2 aromatic rings. The van der Waals surface area contributed by atoms with Gasteiger partial charge in [0.25, 0.3) is 5.91 Å². The second kappa shape index (κ2) is 5.36. The van der Waals surface area contributed by atoms with Gasteiger partial charge in [-0.1, -0.05) is 17.7 Å². The predicted octanol–water partition coefficient (Wildman–Crippen LogP) is 3.97. The fourth-order valence-corrected chi connectivity index (χ4v) is 1.79. The maximum atomic E-state index is 13.5. The minimum absolute atomic E-state index is 0.356. The van der Waals surface area contributed by atoms with E-state index in [-0.39, 0.29) is 0 Å². The molecule has 0 aliphatic rings. The van der Waals surface area contributed by atoms with Crippen molar-refractivity contribution in [2.75, 3.05) is 5.32 Å². The van der Waals surface area contributed by atoms with Gasteiger partial charge in [-0.25, -0.2) is 13.2 Å². The van der Waals surface area contributed by atoms with E-state index in [1.165, 1.54) is 0 Å². The molecule has 2 rings (SSSR count). The second-order valence-corrected chi connectivity index (χ2v) is 4.50. The van der Waals surface area contributed by atoms with E-state index >= 15 is 0 Å². The number of amides is 1. The molecule has 0 aliphatic carbocycles. The zero-order valence-electron chi connectivity index (χ0n) is 10.9. The third-order valence-electron chi connectivity index (χ3n) is 2.92. The van der Waals surface area contributed by atoms with Crippen molar-refractivity contribution in [3.05, 3.63) is 64.5 Å². The molecule has 0 aromatic heterocycles. The first-order valence-electron chi connectivity index (χ1n) is 5.92. The number of aryl methyl sites for hydroxylation is 2. The molecular weight excluding hydrogens is 267 g/mol. The summed E-state index contributed by atoms with van der Waals surface area (Å²) in [6.45, 7) is 3.55. The van der Waals surface area contributed by atoms with Crippen molar-refractivity contribution in [3.63, 3.8) is 0 Å². The minimum Gasteiger partial charge on any atom is -0.319 e. The van der Waals surface area contributed by atoms with Gasteiger partial charge in [-0.05, 0) is 37.6 Å². The Morgan fingerprint density at radius 3 is 2.40 bits per heavy atom.